The van der Waals surface area contributed by atoms with Crippen molar-refractivity contribution in [1.29, 1.82) is 0 Å². The van der Waals surface area contributed by atoms with Crippen LogP contribution in [0.4, 0.5) is 17.1 Å². The molecule has 7 rings (SSSR count). The maximum Gasteiger partial charge on any atom is 0.143 e. The molecule has 0 unspecified atom stereocenters. The highest BCUT2D eigenvalue weighted by molar-refractivity contribution is 6.09. The number of hydrogen-bond donors (Lipinski definition) is 0. The highest BCUT2D eigenvalue weighted by Gasteiger charge is 2.14. The number of benzene rings is 6. The highest BCUT2D eigenvalue weighted by Crippen LogP contribution is 2.39. The van der Waals surface area contributed by atoms with Crippen LogP contribution in [-0.4, -0.2) is 0 Å². The summed E-state index contributed by atoms with van der Waals surface area (Å²) in [4.78, 5) is 2.29. The highest BCUT2D eigenvalue weighted by atomic mass is 16.3. The van der Waals surface area contributed by atoms with Gasteiger partial charge in [-0.3, -0.25) is 0 Å². The summed E-state index contributed by atoms with van der Waals surface area (Å²) in [6, 6.07) is 53.1. The van der Waals surface area contributed by atoms with E-state index < -0.39 is 0 Å². The Labute approximate surface area is 222 Å². The van der Waals surface area contributed by atoms with Gasteiger partial charge in [-0.15, -0.1) is 0 Å². The van der Waals surface area contributed by atoms with Crippen LogP contribution in [0.2, 0.25) is 0 Å². The second kappa shape index (κ2) is 9.42. The number of anilines is 3. The summed E-state index contributed by atoms with van der Waals surface area (Å²) in [6.07, 6.45) is 0. The quantitative estimate of drug-likeness (QED) is 0.240. The minimum Gasteiger partial charge on any atom is -0.455 e. The Morgan fingerprint density at radius 2 is 0.947 bits per heavy atom. The van der Waals surface area contributed by atoms with Gasteiger partial charge >= 0.3 is 0 Å². The lowest BCUT2D eigenvalue weighted by molar-refractivity contribution is 0.670. The molecule has 0 aliphatic rings. The molecule has 0 radical (unpaired) electrons. The lowest BCUT2D eigenvalue weighted by atomic mass is 9.97. The SMILES string of the molecule is c1ccc(N(c2ccccc2)c2cccc(-c3cccc(-c4cccc5c4oc4ccccc45)c3)c2)cc1. The van der Waals surface area contributed by atoms with Gasteiger partial charge < -0.3 is 9.32 Å². The molecular formula is C36H25NO. The van der Waals surface area contributed by atoms with Gasteiger partial charge in [-0.25, -0.2) is 0 Å². The van der Waals surface area contributed by atoms with Crippen molar-refractivity contribution in [3.8, 4) is 22.3 Å². The monoisotopic (exact) mass is 487 g/mol. The van der Waals surface area contributed by atoms with Gasteiger partial charge in [0.15, 0.2) is 0 Å². The summed E-state index contributed by atoms with van der Waals surface area (Å²) < 4.78 is 6.33. The van der Waals surface area contributed by atoms with Gasteiger partial charge in [0.1, 0.15) is 11.2 Å². The molecule has 1 aromatic heterocycles. The molecule has 0 spiro atoms. The molecular weight excluding hydrogens is 462 g/mol. The van der Waals surface area contributed by atoms with Crippen LogP contribution < -0.4 is 4.90 Å². The number of fused-ring (bicyclic) bond motifs is 3. The smallest absolute Gasteiger partial charge is 0.143 e. The van der Waals surface area contributed by atoms with Gasteiger partial charge in [-0.05, 0) is 65.2 Å². The van der Waals surface area contributed by atoms with Crippen molar-refractivity contribution in [2.45, 2.75) is 0 Å². The normalized spacial score (nSPS) is 11.2. The van der Waals surface area contributed by atoms with E-state index in [1.165, 1.54) is 5.56 Å². The molecule has 6 aromatic carbocycles. The third-order valence-corrected chi connectivity index (χ3v) is 7.04. The van der Waals surface area contributed by atoms with Crippen LogP contribution in [0.3, 0.4) is 0 Å². The maximum absolute atomic E-state index is 6.33. The second-order valence-electron chi connectivity index (χ2n) is 9.42. The third kappa shape index (κ3) is 3.93. The van der Waals surface area contributed by atoms with Crippen LogP contribution in [0, 0.1) is 0 Å². The van der Waals surface area contributed by atoms with Crippen molar-refractivity contribution < 1.29 is 4.42 Å². The first-order valence-electron chi connectivity index (χ1n) is 12.9. The molecule has 0 amide bonds. The van der Waals surface area contributed by atoms with Gasteiger partial charge in [0, 0.05) is 33.4 Å². The van der Waals surface area contributed by atoms with E-state index in [1.807, 2.05) is 12.1 Å². The first-order chi connectivity index (χ1) is 18.8. The third-order valence-electron chi connectivity index (χ3n) is 7.04. The van der Waals surface area contributed by atoms with Gasteiger partial charge in [-0.2, -0.15) is 0 Å². The number of nitrogens with zero attached hydrogens (tertiary/aromatic N) is 1. The first-order valence-corrected chi connectivity index (χ1v) is 12.9. The Morgan fingerprint density at radius 1 is 0.395 bits per heavy atom. The zero-order valence-electron chi connectivity index (χ0n) is 20.8. The van der Waals surface area contributed by atoms with E-state index in [0.29, 0.717) is 0 Å². The molecule has 1 heterocycles. The lowest BCUT2D eigenvalue weighted by Crippen LogP contribution is -2.09. The van der Waals surface area contributed by atoms with E-state index in [4.69, 9.17) is 4.42 Å². The van der Waals surface area contributed by atoms with Crippen molar-refractivity contribution in [2.24, 2.45) is 0 Å². The molecule has 2 nitrogen and oxygen atoms in total. The second-order valence-corrected chi connectivity index (χ2v) is 9.42. The Bertz CT molecular complexity index is 1830. The standard InChI is InChI=1S/C36H25NO/c1-3-15-29(16-4-1)37(30-17-5-2-6-18-30)31-19-10-13-27(25-31)26-12-9-14-28(24-26)32-21-11-22-34-33-20-7-8-23-35(33)38-36(32)34/h1-25H. The Morgan fingerprint density at radius 3 is 1.71 bits per heavy atom. The molecule has 38 heavy (non-hydrogen) atoms. The average molecular weight is 488 g/mol. The summed E-state index contributed by atoms with van der Waals surface area (Å²) >= 11 is 0. The predicted octanol–water partition coefficient (Wildman–Crippen LogP) is 10.4. The van der Waals surface area contributed by atoms with Crippen LogP contribution in [0.25, 0.3) is 44.2 Å². The van der Waals surface area contributed by atoms with Crippen molar-refractivity contribution >= 4 is 39.0 Å². The molecule has 0 bridgehead atoms. The van der Waals surface area contributed by atoms with E-state index in [1.54, 1.807) is 0 Å². The summed E-state index contributed by atoms with van der Waals surface area (Å²) in [5.41, 5.74) is 9.79. The largest absolute Gasteiger partial charge is 0.455 e. The van der Waals surface area contributed by atoms with Gasteiger partial charge in [0.25, 0.3) is 0 Å². The van der Waals surface area contributed by atoms with Crippen LogP contribution in [0.1, 0.15) is 0 Å². The fraction of sp³-hybridized carbons (Fsp3) is 0. The van der Waals surface area contributed by atoms with Crippen LogP contribution in [0.5, 0.6) is 0 Å². The van der Waals surface area contributed by atoms with Crippen molar-refractivity contribution in [2.75, 3.05) is 4.90 Å². The average Bonchev–Trinajstić information content (AvgIpc) is 3.38. The van der Waals surface area contributed by atoms with Crippen LogP contribution in [-0.2, 0) is 0 Å². The summed E-state index contributed by atoms with van der Waals surface area (Å²) in [7, 11) is 0. The topological polar surface area (TPSA) is 16.4 Å². The molecule has 0 fully saturated rings. The number of para-hydroxylation sites is 4. The zero-order chi connectivity index (χ0) is 25.3. The Hall–Kier alpha value is -5.08. The fourth-order valence-electron chi connectivity index (χ4n) is 5.27. The van der Waals surface area contributed by atoms with Crippen LogP contribution in [0.15, 0.2) is 156 Å². The van der Waals surface area contributed by atoms with Crippen LogP contribution >= 0.6 is 0 Å². The molecule has 0 atom stereocenters. The molecule has 180 valence electrons. The number of furan rings is 1. The van der Waals surface area contributed by atoms with Crippen molar-refractivity contribution in [3.63, 3.8) is 0 Å². The predicted molar refractivity (Wildman–Crippen MR) is 159 cm³/mol. The molecule has 0 aliphatic heterocycles. The van der Waals surface area contributed by atoms with E-state index in [0.717, 1.165) is 55.7 Å². The zero-order valence-corrected chi connectivity index (χ0v) is 20.8. The lowest BCUT2D eigenvalue weighted by Gasteiger charge is -2.26. The van der Waals surface area contributed by atoms with Gasteiger partial charge in [0.2, 0.25) is 0 Å². The molecule has 2 heteroatoms. The van der Waals surface area contributed by atoms with Gasteiger partial charge in [0.05, 0.1) is 0 Å². The van der Waals surface area contributed by atoms with E-state index in [2.05, 4.69) is 144 Å². The van der Waals surface area contributed by atoms with E-state index >= 15 is 0 Å². The fourth-order valence-corrected chi connectivity index (χ4v) is 5.27. The Kier molecular flexibility index (Phi) is 5.49. The molecule has 0 saturated carbocycles. The van der Waals surface area contributed by atoms with Gasteiger partial charge in [-0.1, -0.05) is 103 Å². The van der Waals surface area contributed by atoms with E-state index in [9.17, 15) is 0 Å². The van der Waals surface area contributed by atoms with E-state index in [-0.39, 0.29) is 0 Å². The molecule has 0 N–H and O–H groups in total. The van der Waals surface area contributed by atoms with Crippen molar-refractivity contribution in [1.82, 2.24) is 0 Å². The molecule has 7 aromatic rings. The Balaban J connectivity index is 1.33. The van der Waals surface area contributed by atoms with Crippen molar-refractivity contribution in [3.05, 3.63) is 152 Å². The number of hydrogen-bond acceptors (Lipinski definition) is 2. The maximum atomic E-state index is 6.33. The minimum atomic E-state index is 0.917. The summed E-state index contributed by atoms with van der Waals surface area (Å²) in [5.74, 6) is 0. The minimum absolute atomic E-state index is 0.917. The summed E-state index contributed by atoms with van der Waals surface area (Å²) in [5, 5.41) is 2.29. The number of rotatable bonds is 5. The molecule has 0 saturated heterocycles. The molecule has 0 aliphatic carbocycles. The first kappa shape index (κ1) is 22.1. The summed E-state index contributed by atoms with van der Waals surface area (Å²) in [6.45, 7) is 0.